The van der Waals surface area contributed by atoms with Gasteiger partial charge in [-0.3, -0.25) is 0 Å². The quantitative estimate of drug-likeness (QED) is 0.345. The summed E-state index contributed by atoms with van der Waals surface area (Å²) in [5.74, 6) is 0.865. The molecule has 0 aliphatic carbocycles. The molecule has 0 amide bonds. The molecule has 0 aliphatic rings. The lowest BCUT2D eigenvalue weighted by Crippen LogP contribution is -1.89. The summed E-state index contributed by atoms with van der Waals surface area (Å²) in [6.07, 6.45) is 5.74. The minimum Gasteiger partial charge on any atom is -0.497 e. The Labute approximate surface area is 68.5 Å². The number of ether oxygens (including phenoxy) is 2. The van der Waals surface area contributed by atoms with Gasteiger partial charge in [0, 0.05) is 6.61 Å². The zero-order valence-electron chi connectivity index (χ0n) is 7.46. The van der Waals surface area contributed by atoms with Crippen molar-refractivity contribution in [3.05, 3.63) is 24.0 Å². The standard InChI is InChI=1S/C9H16O2/c1-4-9(10-3)7-6-8-11-5-2/h4,6-7H,5,8H2,1-3H3/b7-6+,9-4+. The molecule has 0 atom stereocenters. The molecule has 0 aromatic rings. The molecular weight excluding hydrogens is 140 g/mol. The van der Waals surface area contributed by atoms with Gasteiger partial charge in [0.15, 0.2) is 0 Å². The smallest absolute Gasteiger partial charge is 0.114 e. The van der Waals surface area contributed by atoms with Crippen molar-refractivity contribution in [1.29, 1.82) is 0 Å². The molecule has 64 valence electrons. The van der Waals surface area contributed by atoms with Crippen molar-refractivity contribution < 1.29 is 9.47 Å². The van der Waals surface area contributed by atoms with Crippen LogP contribution in [-0.2, 0) is 9.47 Å². The Bertz CT molecular complexity index is 136. The Hall–Kier alpha value is -0.760. The molecule has 0 N–H and O–H groups in total. The maximum absolute atomic E-state index is 5.10. The molecule has 0 aliphatic heterocycles. The molecule has 2 heteroatoms. The summed E-state index contributed by atoms with van der Waals surface area (Å²) in [7, 11) is 1.65. The molecule has 0 fully saturated rings. The molecule has 0 saturated heterocycles. The second-order valence-corrected chi connectivity index (χ2v) is 1.96. The van der Waals surface area contributed by atoms with E-state index < -0.39 is 0 Å². The second kappa shape index (κ2) is 7.35. The van der Waals surface area contributed by atoms with Gasteiger partial charge in [0.25, 0.3) is 0 Å². The zero-order valence-corrected chi connectivity index (χ0v) is 7.46. The van der Waals surface area contributed by atoms with Crippen LogP contribution in [0.5, 0.6) is 0 Å². The topological polar surface area (TPSA) is 18.5 Å². The fourth-order valence-corrected chi connectivity index (χ4v) is 0.632. The Morgan fingerprint density at radius 1 is 1.45 bits per heavy atom. The third-order valence-electron chi connectivity index (χ3n) is 1.22. The molecular formula is C9H16O2. The third-order valence-corrected chi connectivity index (χ3v) is 1.22. The molecule has 0 aromatic heterocycles. The molecule has 0 aromatic carbocycles. The van der Waals surface area contributed by atoms with Crippen molar-refractivity contribution in [2.24, 2.45) is 0 Å². The van der Waals surface area contributed by atoms with Gasteiger partial charge in [-0.15, -0.1) is 0 Å². The molecule has 2 nitrogen and oxygen atoms in total. The van der Waals surface area contributed by atoms with Crippen molar-refractivity contribution in [3.63, 3.8) is 0 Å². The molecule has 0 rings (SSSR count). The first-order chi connectivity index (χ1) is 5.35. The van der Waals surface area contributed by atoms with Crippen LogP contribution in [0.25, 0.3) is 0 Å². The van der Waals surface area contributed by atoms with Crippen molar-refractivity contribution in [2.45, 2.75) is 13.8 Å². The summed E-state index contributed by atoms with van der Waals surface area (Å²) in [6.45, 7) is 5.31. The van der Waals surface area contributed by atoms with Crippen molar-refractivity contribution in [1.82, 2.24) is 0 Å². The van der Waals surface area contributed by atoms with E-state index in [1.54, 1.807) is 7.11 Å². The van der Waals surface area contributed by atoms with Gasteiger partial charge in [-0.25, -0.2) is 0 Å². The van der Waals surface area contributed by atoms with Crippen molar-refractivity contribution in [3.8, 4) is 0 Å². The van der Waals surface area contributed by atoms with E-state index in [1.807, 2.05) is 32.1 Å². The second-order valence-electron chi connectivity index (χ2n) is 1.96. The summed E-state index contributed by atoms with van der Waals surface area (Å²) in [5, 5.41) is 0. The van der Waals surface area contributed by atoms with E-state index in [0.29, 0.717) is 6.61 Å². The van der Waals surface area contributed by atoms with Crippen molar-refractivity contribution in [2.75, 3.05) is 20.3 Å². The average molecular weight is 156 g/mol. The van der Waals surface area contributed by atoms with Gasteiger partial charge in [-0.1, -0.05) is 6.08 Å². The maximum atomic E-state index is 5.10. The SMILES string of the molecule is C/C=C(\C=C\COCC)OC. The normalized spacial score (nSPS) is 12.5. The highest BCUT2D eigenvalue weighted by molar-refractivity contribution is 5.10. The van der Waals surface area contributed by atoms with E-state index in [-0.39, 0.29) is 0 Å². The fraction of sp³-hybridized carbons (Fsp3) is 0.556. The highest BCUT2D eigenvalue weighted by Gasteiger charge is 1.83. The van der Waals surface area contributed by atoms with Crippen LogP contribution >= 0.6 is 0 Å². The van der Waals surface area contributed by atoms with Gasteiger partial charge in [0.1, 0.15) is 5.76 Å². The van der Waals surface area contributed by atoms with Crippen LogP contribution < -0.4 is 0 Å². The van der Waals surface area contributed by atoms with E-state index in [2.05, 4.69) is 0 Å². The first kappa shape index (κ1) is 10.2. The van der Waals surface area contributed by atoms with E-state index in [0.717, 1.165) is 12.4 Å². The Morgan fingerprint density at radius 2 is 2.18 bits per heavy atom. The first-order valence-corrected chi connectivity index (χ1v) is 3.79. The van der Waals surface area contributed by atoms with Crippen molar-refractivity contribution >= 4 is 0 Å². The molecule has 0 heterocycles. The summed E-state index contributed by atoms with van der Waals surface area (Å²) < 4.78 is 10.1. The van der Waals surface area contributed by atoms with Crippen LogP contribution in [-0.4, -0.2) is 20.3 Å². The molecule has 11 heavy (non-hydrogen) atoms. The number of rotatable bonds is 5. The minimum absolute atomic E-state index is 0.650. The number of methoxy groups -OCH3 is 1. The van der Waals surface area contributed by atoms with Gasteiger partial charge in [0.2, 0.25) is 0 Å². The Kier molecular flexibility index (Phi) is 6.84. The maximum Gasteiger partial charge on any atom is 0.114 e. The predicted octanol–water partition coefficient (Wildman–Crippen LogP) is 2.13. The number of hydrogen-bond acceptors (Lipinski definition) is 2. The highest BCUT2D eigenvalue weighted by atomic mass is 16.5. The molecule has 0 radical (unpaired) electrons. The highest BCUT2D eigenvalue weighted by Crippen LogP contribution is 1.95. The monoisotopic (exact) mass is 156 g/mol. The number of hydrogen-bond donors (Lipinski definition) is 0. The predicted molar refractivity (Wildman–Crippen MR) is 46.4 cm³/mol. The van der Waals surface area contributed by atoms with Crippen LogP contribution in [0.4, 0.5) is 0 Å². The van der Waals surface area contributed by atoms with E-state index >= 15 is 0 Å². The molecule has 0 saturated carbocycles. The lowest BCUT2D eigenvalue weighted by molar-refractivity contribution is 0.177. The minimum atomic E-state index is 0.650. The summed E-state index contributed by atoms with van der Waals surface area (Å²) in [5.41, 5.74) is 0. The lowest BCUT2D eigenvalue weighted by Gasteiger charge is -1.97. The lowest BCUT2D eigenvalue weighted by atomic mass is 10.4. The summed E-state index contributed by atoms with van der Waals surface area (Å²) in [4.78, 5) is 0. The van der Waals surface area contributed by atoms with Crippen LogP contribution in [0.2, 0.25) is 0 Å². The van der Waals surface area contributed by atoms with E-state index in [9.17, 15) is 0 Å². The van der Waals surface area contributed by atoms with Gasteiger partial charge in [-0.05, 0) is 26.0 Å². The largest absolute Gasteiger partial charge is 0.497 e. The Balaban J connectivity index is 3.54. The van der Waals surface area contributed by atoms with Crippen LogP contribution in [0.3, 0.4) is 0 Å². The van der Waals surface area contributed by atoms with Crippen LogP contribution in [0, 0.1) is 0 Å². The summed E-state index contributed by atoms with van der Waals surface area (Å²) >= 11 is 0. The fourth-order valence-electron chi connectivity index (χ4n) is 0.632. The zero-order chi connectivity index (χ0) is 8.53. The van der Waals surface area contributed by atoms with Gasteiger partial charge >= 0.3 is 0 Å². The number of allylic oxidation sites excluding steroid dienone is 2. The first-order valence-electron chi connectivity index (χ1n) is 3.79. The summed E-state index contributed by atoms with van der Waals surface area (Å²) in [6, 6.07) is 0. The van der Waals surface area contributed by atoms with Gasteiger partial charge in [-0.2, -0.15) is 0 Å². The van der Waals surface area contributed by atoms with E-state index in [4.69, 9.17) is 9.47 Å². The Morgan fingerprint density at radius 3 is 2.64 bits per heavy atom. The van der Waals surface area contributed by atoms with E-state index in [1.165, 1.54) is 0 Å². The van der Waals surface area contributed by atoms with Gasteiger partial charge in [0.05, 0.1) is 13.7 Å². The molecule has 0 unspecified atom stereocenters. The third kappa shape index (κ3) is 5.67. The van der Waals surface area contributed by atoms with Crippen LogP contribution in [0.15, 0.2) is 24.0 Å². The molecule has 0 bridgehead atoms. The van der Waals surface area contributed by atoms with Crippen LogP contribution in [0.1, 0.15) is 13.8 Å². The molecule has 0 spiro atoms. The van der Waals surface area contributed by atoms with Gasteiger partial charge < -0.3 is 9.47 Å². The average Bonchev–Trinajstić information content (AvgIpc) is 2.05.